The number of aromatic nitrogens is 2. The van der Waals surface area contributed by atoms with Crippen molar-refractivity contribution < 1.29 is 29.0 Å². The number of anilines is 1. The lowest BCUT2D eigenvalue weighted by Crippen LogP contribution is -2.14. The smallest absolute Gasteiger partial charge is 0.335 e. The molecule has 0 spiro atoms. The Morgan fingerprint density at radius 2 is 1.64 bits per heavy atom. The molecule has 0 atom stereocenters. The van der Waals surface area contributed by atoms with E-state index in [1.54, 1.807) is 0 Å². The molecule has 126 valence electrons. The van der Waals surface area contributed by atoms with E-state index in [-0.39, 0.29) is 22.5 Å². The van der Waals surface area contributed by atoms with Crippen LogP contribution in [0.25, 0.3) is 5.65 Å². The Kier molecular flexibility index (Phi) is 3.89. The van der Waals surface area contributed by atoms with Crippen LogP contribution in [0.3, 0.4) is 0 Å². The maximum atomic E-state index is 13.2. The molecule has 8 nitrogen and oxygen atoms in total. The molecule has 0 bridgehead atoms. The van der Waals surface area contributed by atoms with Crippen molar-refractivity contribution in [3.63, 3.8) is 0 Å². The predicted molar refractivity (Wildman–Crippen MR) is 83.5 cm³/mol. The second kappa shape index (κ2) is 6.04. The first kappa shape index (κ1) is 16.1. The fraction of sp³-hybridized carbons (Fsp3) is 0. The van der Waals surface area contributed by atoms with Gasteiger partial charge in [0.2, 0.25) is 0 Å². The SMILES string of the molecule is O=C(O)c1cc(NC(=O)c2cn3cc(F)ccc3n2)cc(C(=O)O)c1. The van der Waals surface area contributed by atoms with Gasteiger partial charge in [0.15, 0.2) is 0 Å². The van der Waals surface area contributed by atoms with E-state index in [9.17, 15) is 18.8 Å². The molecule has 0 saturated heterocycles. The summed E-state index contributed by atoms with van der Waals surface area (Å²) in [6.45, 7) is 0. The van der Waals surface area contributed by atoms with Gasteiger partial charge in [-0.1, -0.05) is 0 Å². The second-order valence-corrected chi connectivity index (χ2v) is 5.10. The number of carbonyl (C=O) groups is 3. The average Bonchev–Trinajstić information content (AvgIpc) is 2.97. The van der Waals surface area contributed by atoms with E-state index in [4.69, 9.17) is 10.2 Å². The zero-order valence-electron chi connectivity index (χ0n) is 12.4. The molecule has 0 saturated carbocycles. The number of carboxylic acids is 2. The van der Waals surface area contributed by atoms with E-state index in [1.807, 2.05) is 0 Å². The summed E-state index contributed by atoms with van der Waals surface area (Å²) in [6, 6.07) is 5.82. The number of carboxylic acid groups (broad SMARTS) is 2. The van der Waals surface area contributed by atoms with Crippen LogP contribution in [0.2, 0.25) is 0 Å². The highest BCUT2D eigenvalue weighted by Crippen LogP contribution is 2.17. The van der Waals surface area contributed by atoms with Crippen LogP contribution in [0.1, 0.15) is 31.2 Å². The molecule has 0 aliphatic heterocycles. The molecule has 3 rings (SSSR count). The standard InChI is InChI=1S/C16H10FN3O5/c17-10-1-2-13-19-12(7-20(13)6-10)14(21)18-11-4-8(15(22)23)3-9(5-11)16(24)25/h1-7H,(H,18,21)(H,22,23)(H,24,25). The van der Waals surface area contributed by atoms with Gasteiger partial charge in [-0.05, 0) is 30.3 Å². The third-order valence-corrected chi connectivity index (χ3v) is 3.33. The first-order valence-corrected chi connectivity index (χ1v) is 6.91. The van der Waals surface area contributed by atoms with Crippen molar-refractivity contribution in [3.05, 3.63) is 65.4 Å². The van der Waals surface area contributed by atoms with E-state index in [2.05, 4.69) is 10.3 Å². The van der Waals surface area contributed by atoms with Crippen molar-refractivity contribution in [2.45, 2.75) is 0 Å². The van der Waals surface area contributed by atoms with Gasteiger partial charge in [-0.3, -0.25) is 4.79 Å². The van der Waals surface area contributed by atoms with Crippen LogP contribution in [-0.2, 0) is 0 Å². The van der Waals surface area contributed by atoms with E-state index in [0.29, 0.717) is 5.65 Å². The number of pyridine rings is 1. The summed E-state index contributed by atoms with van der Waals surface area (Å²) in [7, 11) is 0. The van der Waals surface area contributed by atoms with Crippen molar-refractivity contribution in [1.29, 1.82) is 0 Å². The van der Waals surface area contributed by atoms with Crippen LogP contribution in [0.4, 0.5) is 10.1 Å². The molecule has 9 heteroatoms. The molecule has 0 unspecified atom stereocenters. The van der Waals surface area contributed by atoms with Crippen LogP contribution in [-0.4, -0.2) is 37.4 Å². The highest BCUT2D eigenvalue weighted by Gasteiger charge is 2.15. The van der Waals surface area contributed by atoms with Gasteiger partial charge in [0, 0.05) is 18.1 Å². The molecule has 25 heavy (non-hydrogen) atoms. The maximum Gasteiger partial charge on any atom is 0.335 e. The topological polar surface area (TPSA) is 121 Å². The average molecular weight is 343 g/mol. The maximum absolute atomic E-state index is 13.2. The zero-order chi connectivity index (χ0) is 18.1. The summed E-state index contributed by atoms with van der Waals surface area (Å²) in [5.41, 5.74) is -0.273. The number of nitrogens with one attached hydrogen (secondary N) is 1. The fourth-order valence-electron chi connectivity index (χ4n) is 2.22. The number of hydrogen-bond donors (Lipinski definition) is 3. The minimum atomic E-state index is -1.33. The number of benzene rings is 1. The number of amides is 1. The molecule has 0 aliphatic rings. The number of nitrogens with zero attached hydrogens (tertiary/aromatic N) is 2. The number of halogens is 1. The number of rotatable bonds is 4. The third kappa shape index (κ3) is 3.29. The second-order valence-electron chi connectivity index (χ2n) is 5.10. The first-order chi connectivity index (χ1) is 11.8. The zero-order valence-corrected chi connectivity index (χ0v) is 12.4. The third-order valence-electron chi connectivity index (χ3n) is 3.33. The Hall–Kier alpha value is -3.75. The van der Waals surface area contributed by atoms with Crippen molar-refractivity contribution in [2.75, 3.05) is 5.32 Å². The number of aromatic carboxylic acids is 2. The quantitative estimate of drug-likeness (QED) is 0.667. The lowest BCUT2D eigenvalue weighted by molar-refractivity contribution is 0.0696. The van der Waals surface area contributed by atoms with Gasteiger partial charge in [-0.15, -0.1) is 0 Å². The lowest BCUT2D eigenvalue weighted by atomic mass is 10.1. The number of carbonyl (C=O) groups excluding carboxylic acids is 1. The van der Waals surface area contributed by atoms with Gasteiger partial charge >= 0.3 is 11.9 Å². The van der Waals surface area contributed by atoms with E-state index in [1.165, 1.54) is 22.7 Å². The Morgan fingerprint density at radius 3 is 2.24 bits per heavy atom. The molecule has 0 fully saturated rings. The first-order valence-electron chi connectivity index (χ1n) is 6.91. The van der Waals surface area contributed by atoms with Crippen molar-refractivity contribution in [3.8, 4) is 0 Å². The van der Waals surface area contributed by atoms with Gasteiger partial charge in [0.25, 0.3) is 5.91 Å². The van der Waals surface area contributed by atoms with Gasteiger partial charge in [0.05, 0.1) is 11.1 Å². The summed E-state index contributed by atoms with van der Waals surface area (Å²) in [5.74, 6) is -3.86. The Balaban J connectivity index is 1.93. The molecule has 3 aromatic rings. The van der Waals surface area contributed by atoms with Crippen molar-refractivity contribution in [2.24, 2.45) is 0 Å². The fourth-order valence-corrected chi connectivity index (χ4v) is 2.22. The summed E-state index contributed by atoms with van der Waals surface area (Å²) in [6.07, 6.45) is 2.44. The predicted octanol–water partition coefficient (Wildman–Crippen LogP) is 2.12. The van der Waals surface area contributed by atoms with E-state index in [0.717, 1.165) is 24.4 Å². The van der Waals surface area contributed by atoms with Gasteiger partial charge in [-0.25, -0.2) is 19.0 Å². The highest BCUT2D eigenvalue weighted by molar-refractivity contribution is 6.05. The Bertz CT molecular complexity index is 996. The Labute approximate surface area is 139 Å². The molecule has 1 aromatic carbocycles. The van der Waals surface area contributed by atoms with Crippen molar-refractivity contribution in [1.82, 2.24) is 9.38 Å². The lowest BCUT2D eigenvalue weighted by Gasteiger charge is -2.06. The van der Waals surface area contributed by atoms with Crippen LogP contribution in [0.5, 0.6) is 0 Å². The van der Waals surface area contributed by atoms with Crippen LogP contribution >= 0.6 is 0 Å². The van der Waals surface area contributed by atoms with Crippen LogP contribution in [0, 0.1) is 5.82 Å². The summed E-state index contributed by atoms with van der Waals surface area (Å²) in [4.78, 5) is 38.4. The normalized spacial score (nSPS) is 10.6. The summed E-state index contributed by atoms with van der Waals surface area (Å²) < 4.78 is 14.5. The Morgan fingerprint density at radius 1 is 1.00 bits per heavy atom. The molecule has 2 aromatic heterocycles. The van der Waals surface area contributed by atoms with Gasteiger partial charge in [-0.2, -0.15) is 0 Å². The largest absolute Gasteiger partial charge is 0.478 e. The molecular weight excluding hydrogens is 333 g/mol. The molecule has 0 radical (unpaired) electrons. The molecule has 3 N–H and O–H groups in total. The monoisotopic (exact) mass is 343 g/mol. The molecular formula is C16H10FN3O5. The molecule has 1 amide bonds. The van der Waals surface area contributed by atoms with Crippen LogP contribution < -0.4 is 5.32 Å². The minimum absolute atomic E-state index is 0.00876. The van der Waals surface area contributed by atoms with E-state index < -0.39 is 23.7 Å². The number of imidazole rings is 1. The molecule has 2 heterocycles. The number of hydrogen-bond acceptors (Lipinski definition) is 4. The van der Waals surface area contributed by atoms with Gasteiger partial charge in [0.1, 0.15) is 17.2 Å². The highest BCUT2D eigenvalue weighted by atomic mass is 19.1. The summed E-state index contributed by atoms with van der Waals surface area (Å²) in [5, 5.41) is 20.5. The summed E-state index contributed by atoms with van der Waals surface area (Å²) >= 11 is 0. The minimum Gasteiger partial charge on any atom is -0.478 e. The number of fused-ring (bicyclic) bond motifs is 1. The van der Waals surface area contributed by atoms with Crippen LogP contribution in [0.15, 0.2) is 42.7 Å². The molecule has 0 aliphatic carbocycles. The van der Waals surface area contributed by atoms with Gasteiger partial charge < -0.3 is 19.9 Å². The van der Waals surface area contributed by atoms with E-state index >= 15 is 0 Å². The van der Waals surface area contributed by atoms with Crippen molar-refractivity contribution >= 4 is 29.2 Å².